The SMILES string of the molecule is O=C([O-])CCc1cn(C(c2ccccc2)(c2ccccc2)c2ccccc2)cn1. The molecule has 144 valence electrons. The van der Waals surface area contributed by atoms with Gasteiger partial charge in [-0.15, -0.1) is 0 Å². The molecule has 0 amide bonds. The van der Waals surface area contributed by atoms with Crippen molar-refractivity contribution in [1.29, 1.82) is 0 Å². The van der Waals surface area contributed by atoms with E-state index in [9.17, 15) is 9.90 Å². The number of aliphatic carboxylic acids is 1. The number of hydrogen-bond acceptors (Lipinski definition) is 3. The van der Waals surface area contributed by atoms with Crippen molar-refractivity contribution in [3.05, 3.63) is 126 Å². The fourth-order valence-electron chi connectivity index (χ4n) is 3.89. The first-order chi connectivity index (χ1) is 14.2. The second-order valence-corrected chi connectivity index (χ2v) is 6.95. The van der Waals surface area contributed by atoms with E-state index >= 15 is 0 Å². The highest BCUT2D eigenvalue weighted by Crippen LogP contribution is 2.40. The first-order valence-corrected chi connectivity index (χ1v) is 9.61. The fourth-order valence-corrected chi connectivity index (χ4v) is 3.89. The summed E-state index contributed by atoms with van der Waals surface area (Å²) >= 11 is 0. The monoisotopic (exact) mass is 381 g/mol. The van der Waals surface area contributed by atoms with Crippen LogP contribution in [0.2, 0.25) is 0 Å². The lowest BCUT2D eigenvalue weighted by atomic mass is 9.77. The third-order valence-electron chi connectivity index (χ3n) is 5.18. The molecule has 0 N–H and O–H groups in total. The molecule has 0 unspecified atom stereocenters. The van der Waals surface area contributed by atoms with Crippen LogP contribution in [0, 0.1) is 0 Å². The number of carboxylic acids is 1. The third kappa shape index (κ3) is 3.57. The highest BCUT2D eigenvalue weighted by atomic mass is 16.4. The van der Waals surface area contributed by atoms with Crippen molar-refractivity contribution in [2.45, 2.75) is 18.4 Å². The second-order valence-electron chi connectivity index (χ2n) is 6.95. The first-order valence-electron chi connectivity index (χ1n) is 9.61. The first kappa shape index (κ1) is 18.7. The summed E-state index contributed by atoms with van der Waals surface area (Å²) in [6.07, 6.45) is 4.02. The molecule has 0 spiro atoms. The van der Waals surface area contributed by atoms with Gasteiger partial charge in [0, 0.05) is 12.2 Å². The summed E-state index contributed by atoms with van der Waals surface area (Å²) in [5, 5.41) is 10.9. The van der Waals surface area contributed by atoms with Gasteiger partial charge in [-0.05, 0) is 29.5 Å². The number of aryl methyl sites for hydroxylation is 1. The van der Waals surface area contributed by atoms with Gasteiger partial charge in [-0.25, -0.2) is 4.98 Å². The Kier molecular flexibility index (Phi) is 5.25. The van der Waals surface area contributed by atoms with E-state index in [-0.39, 0.29) is 6.42 Å². The van der Waals surface area contributed by atoms with Crippen LogP contribution in [0.15, 0.2) is 104 Å². The molecule has 4 heteroatoms. The fraction of sp³-hybridized carbons (Fsp3) is 0.120. The van der Waals surface area contributed by atoms with Crippen LogP contribution in [0.5, 0.6) is 0 Å². The topological polar surface area (TPSA) is 57.9 Å². The average molecular weight is 381 g/mol. The molecule has 0 fully saturated rings. The van der Waals surface area contributed by atoms with Crippen molar-refractivity contribution in [2.24, 2.45) is 0 Å². The van der Waals surface area contributed by atoms with E-state index in [0.29, 0.717) is 6.42 Å². The molecule has 0 aliphatic heterocycles. The van der Waals surface area contributed by atoms with Gasteiger partial charge in [-0.2, -0.15) is 0 Å². The number of benzene rings is 3. The molecule has 29 heavy (non-hydrogen) atoms. The number of hydrogen-bond donors (Lipinski definition) is 0. The van der Waals surface area contributed by atoms with Crippen molar-refractivity contribution in [3.63, 3.8) is 0 Å². The van der Waals surface area contributed by atoms with Gasteiger partial charge in [0.05, 0.1) is 12.0 Å². The van der Waals surface area contributed by atoms with Crippen LogP contribution >= 0.6 is 0 Å². The molecule has 4 nitrogen and oxygen atoms in total. The number of nitrogens with zero attached hydrogens (tertiary/aromatic N) is 2. The molecule has 1 aromatic heterocycles. The largest absolute Gasteiger partial charge is 0.550 e. The lowest BCUT2D eigenvalue weighted by Gasteiger charge is -2.37. The van der Waals surface area contributed by atoms with E-state index in [0.717, 1.165) is 22.4 Å². The predicted molar refractivity (Wildman–Crippen MR) is 110 cm³/mol. The quantitative estimate of drug-likeness (QED) is 0.461. The zero-order valence-electron chi connectivity index (χ0n) is 15.9. The van der Waals surface area contributed by atoms with Gasteiger partial charge in [-0.3, -0.25) is 0 Å². The van der Waals surface area contributed by atoms with Crippen LogP contribution in [0.3, 0.4) is 0 Å². The summed E-state index contributed by atoms with van der Waals surface area (Å²) < 4.78 is 2.08. The molecule has 0 saturated heterocycles. The molecule has 4 aromatic rings. The number of carbonyl (C=O) groups is 1. The predicted octanol–water partition coefficient (Wildman–Crippen LogP) is 3.41. The Morgan fingerprint density at radius 1 is 0.793 bits per heavy atom. The van der Waals surface area contributed by atoms with Gasteiger partial charge >= 0.3 is 0 Å². The smallest absolute Gasteiger partial charge is 0.121 e. The van der Waals surface area contributed by atoms with Crippen LogP contribution < -0.4 is 5.11 Å². The minimum absolute atomic E-state index is 0.0496. The standard InChI is InChI=1S/C25H22N2O2/c28-24(29)17-16-23-18-27(19-26-23)25(20-10-4-1-5-11-20,21-12-6-2-7-13-21)22-14-8-3-9-15-22/h1-15,18-19H,16-17H2,(H,28,29)/p-1. The highest BCUT2D eigenvalue weighted by Gasteiger charge is 2.38. The van der Waals surface area contributed by atoms with Gasteiger partial charge < -0.3 is 14.5 Å². The average Bonchev–Trinajstić information content (AvgIpc) is 3.24. The van der Waals surface area contributed by atoms with E-state index in [4.69, 9.17) is 0 Å². The molecule has 0 bridgehead atoms. The summed E-state index contributed by atoms with van der Waals surface area (Å²) in [5.41, 5.74) is 3.39. The van der Waals surface area contributed by atoms with E-state index in [1.165, 1.54) is 0 Å². The van der Waals surface area contributed by atoms with Crippen molar-refractivity contribution >= 4 is 5.97 Å². The summed E-state index contributed by atoms with van der Waals surface area (Å²) in [7, 11) is 0. The summed E-state index contributed by atoms with van der Waals surface area (Å²) in [4.78, 5) is 15.4. The minimum atomic E-state index is -1.07. The van der Waals surface area contributed by atoms with E-state index < -0.39 is 11.5 Å². The molecule has 0 atom stereocenters. The molecular weight excluding hydrogens is 360 g/mol. The molecule has 4 rings (SSSR count). The molecular formula is C25H21N2O2-. The van der Waals surface area contributed by atoms with Gasteiger partial charge in [-0.1, -0.05) is 91.0 Å². The Bertz CT molecular complexity index is 977. The second kappa shape index (κ2) is 8.15. The lowest BCUT2D eigenvalue weighted by Crippen LogP contribution is -2.36. The van der Waals surface area contributed by atoms with Crippen molar-refractivity contribution in [3.8, 4) is 0 Å². The zero-order chi connectivity index (χ0) is 20.1. The number of rotatable bonds is 7. The number of carbonyl (C=O) groups excluding carboxylic acids is 1. The lowest BCUT2D eigenvalue weighted by molar-refractivity contribution is -0.305. The molecule has 0 radical (unpaired) electrons. The minimum Gasteiger partial charge on any atom is -0.550 e. The van der Waals surface area contributed by atoms with Crippen LogP contribution in [0.25, 0.3) is 0 Å². The van der Waals surface area contributed by atoms with Crippen molar-refractivity contribution in [1.82, 2.24) is 9.55 Å². The van der Waals surface area contributed by atoms with Crippen LogP contribution in [-0.4, -0.2) is 15.5 Å². The Labute approximate surface area is 170 Å². The highest BCUT2D eigenvalue weighted by molar-refractivity contribution is 5.64. The zero-order valence-corrected chi connectivity index (χ0v) is 15.9. The van der Waals surface area contributed by atoms with Gasteiger partial charge in [0.25, 0.3) is 0 Å². The Morgan fingerprint density at radius 3 is 1.66 bits per heavy atom. The normalized spacial score (nSPS) is 11.3. The molecule has 1 heterocycles. The molecule has 0 saturated carbocycles. The Hall–Kier alpha value is -3.66. The van der Waals surface area contributed by atoms with Gasteiger partial charge in [0.15, 0.2) is 0 Å². The molecule has 0 aliphatic rings. The van der Waals surface area contributed by atoms with Crippen LogP contribution in [-0.2, 0) is 16.8 Å². The van der Waals surface area contributed by atoms with Crippen molar-refractivity contribution in [2.75, 3.05) is 0 Å². The van der Waals surface area contributed by atoms with Gasteiger partial charge in [0.2, 0.25) is 0 Å². The summed E-state index contributed by atoms with van der Waals surface area (Å²) in [6, 6.07) is 30.9. The maximum absolute atomic E-state index is 10.9. The van der Waals surface area contributed by atoms with E-state index in [1.807, 2.05) is 60.8 Å². The third-order valence-corrected chi connectivity index (χ3v) is 5.18. The number of aromatic nitrogens is 2. The van der Waals surface area contributed by atoms with Crippen molar-refractivity contribution < 1.29 is 9.90 Å². The van der Waals surface area contributed by atoms with Gasteiger partial charge in [0.1, 0.15) is 5.54 Å². The molecule has 3 aromatic carbocycles. The number of imidazole rings is 1. The summed E-state index contributed by atoms with van der Waals surface area (Å²) in [5.74, 6) is -1.07. The van der Waals surface area contributed by atoms with E-state index in [1.54, 1.807) is 6.33 Å². The molecule has 0 aliphatic carbocycles. The summed E-state index contributed by atoms with van der Waals surface area (Å²) in [6.45, 7) is 0. The Morgan fingerprint density at radius 2 is 1.24 bits per heavy atom. The Balaban J connectivity index is 1.97. The van der Waals surface area contributed by atoms with E-state index in [2.05, 4.69) is 45.9 Å². The number of carboxylic acid groups (broad SMARTS) is 1. The van der Waals surface area contributed by atoms with Crippen LogP contribution in [0.4, 0.5) is 0 Å². The van der Waals surface area contributed by atoms with Crippen LogP contribution in [0.1, 0.15) is 28.8 Å². The maximum Gasteiger partial charge on any atom is 0.121 e. The maximum atomic E-state index is 10.9.